The average Bonchev–Trinajstić information content (AvgIpc) is 2.57. The maximum Gasteiger partial charge on any atom is 0.251 e. The highest BCUT2D eigenvalue weighted by Gasteiger charge is 2.10. The van der Waals surface area contributed by atoms with Crippen LogP contribution in [0.5, 0.6) is 0 Å². The molecule has 0 atom stereocenters. The molecule has 0 saturated carbocycles. The summed E-state index contributed by atoms with van der Waals surface area (Å²) in [5.74, 6) is -0.741. The van der Waals surface area contributed by atoms with Gasteiger partial charge in [-0.3, -0.25) is 9.59 Å². The molecule has 0 aliphatic carbocycles. The van der Waals surface area contributed by atoms with Crippen molar-refractivity contribution in [2.24, 2.45) is 0 Å². The lowest BCUT2D eigenvalue weighted by Crippen LogP contribution is -2.32. The average molecular weight is 367 g/mol. The molecule has 0 heterocycles. The third-order valence-electron chi connectivity index (χ3n) is 3.14. The molecule has 0 spiro atoms. The third-order valence-corrected chi connectivity index (χ3v) is 3.70. The molecule has 2 N–H and O–H groups in total. The first kappa shape index (κ1) is 18.3. The van der Waals surface area contributed by atoms with Crippen molar-refractivity contribution >= 4 is 40.7 Å². The summed E-state index contributed by atoms with van der Waals surface area (Å²) in [6, 6.07) is 11.7. The van der Waals surface area contributed by atoms with Gasteiger partial charge in [0.15, 0.2) is 0 Å². The van der Waals surface area contributed by atoms with E-state index in [-0.39, 0.29) is 12.5 Å². The number of carbonyl (C=O) groups is 2. The van der Waals surface area contributed by atoms with Crippen LogP contribution in [-0.4, -0.2) is 25.5 Å². The minimum atomic E-state index is -0.400. The van der Waals surface area contributed by atoms with Crippen LogP contribution >= 0.6 is 23.2 Å². The van der Waals surface area contributed by atoms with Crippen LogP contribution in [0.1, 0.15) is 15.9 Å². The first-order chi connectivity index (χ1) is 11.5. The standard InChI is InChI=1S/C17H16Cl2N2O3/c1-24-10-11-2-4-12(5-3-11)17(23)20-9-16(22)21-15-8-13(18)6-7-14(15)19/h2-8H,9-10H2,1H3,(H,20,23)(H,21,22). The fourth-order valence-electron chi connectivity index (χ4n) is 1.97. The Morgan fingerprint density at radius 2 is 1.79 bits per heavy atom. The van der Waals surface area contributed by atoms with Gasteiger partial charge in [-0.15, -0.1) is 0 Å². The highest BCUT2D eigenvalue weighted by molar-refractivity contribution is 6.35. The summed E-state index contributed by atoms with van der Waals surface area (Å²) in [6.45, 7) is 0.298. The molecule has 0 fully saturated rings. The molecule has 0 aliphatic rings. The van der Waals surface area contributed by atoms with Crippen molar-refractivity contribution in [2.45, 2.75) is 6.61 Å². The van der Waals surface area contributed by atoms with E-state index in [0.717, 1.165) is 5.56 Å². The molecule has 126 valence electrons. The molecule has 0 aromatic heterocycles. The molecule has 2 amide bonds. The van der Waals surface area contributed by atoms with Crippen LogP contribution in [0.25, 0.3) is 0 Å². The lowest BCUT2D eigenvalue weighted by atomic mass is 10.1. The van der Waals surface area contributed by atoms with Gasteiger partial charge in [0.25, 0.3) is 5.91 Å². The summed E-state index contributed by atoms with van der Waals surface area (Å²) >= 11 is 11.8. The monoisotopic (exact) mass is 366 g/mol. The summed E-state index contributed by atoms with van der Waals surface area (Å²) in [5.41, 5.74) is 1.82. The summed E-state index contributed by atoms with van der Waals surface area (Å²) in [4.78, 5) is 23.9. The lowest BCUT2D eigenvalue weighted by molar-refractivity contribution is -0.115. The van der Waals surface area contributed by atoms with Crippen molar-refractivity contribution in [3.05, 3.63) is 63.6 Å². The second kappa shape index (κ2) is 8.68. The number of hydrogen-bond acceptors (Lipinski definition) is 3. The molecule has 7 heteroatoms. The van der Waals surface area contributed by atoms with E-state index in [9.17, 15) is 9.59 Å². The molecule has 0 aliphatic heterocycles. The maximum absolute atomic E-state index is 12.0. The molecular weight excluding hydrogens is 351 g/mol. The Morgan fingerprint density at radius 3 is 2.46 bits per heavy atom. The fraction of sp³-hybridized carbons (Fsp3) is 0.176. The van der Waals surface area contributed by atoms with Gasteiger partial charge in [0, 0.05) is 17.7 Å². The summed E-state index contributed by atoms with van der Waals surface area (Å²) in [6.07, 6.45) is 0. The molecule has 2 rings (SSSR count). The highest BCUT2D eigenvalue weighted by Crippen LogP contribution is 2.25. The number of methoxy groups -OCH3 is 1. The molecule has 0 bridgehead atoms. The number of amides is 2. The van der Waals surface area contributed by atoms with Gasteiger partial charge < -0.3 is 15.4 Å². The van der Waals surface area contributed by atoms with Crippen LogP contribution in [0, 0.1) is 0 Å². The Morgan fingerprint density at radius 1 is 1.08 bits per heavy atom. The summed E-state index contributed by atoms with van der Waals surface area (Å²) in [7, 11) is 1.60. The van der Waals surface area contributed by atoms with E-state index in [4.69, 9.17) is 27.9 Å². The normalized spacial score (nSPS) is 10.3. The highest BCUT2D eigenvalue weighted by atomic mass is 35.5. The van der Waals surface area contributed by atoms with Gasteiger partial charge in [0.05, 0.1) is 23.9 Å². The Labute approximate surface area is 149 Å². The second-order valence-corrected chi connectivity index (χ2v) is 5.83. The van der Waals surface area contributed by atoms with E-state index in [2.05, 4.69) is 10.6 Å². The third kappa shape index (κ3) is 5.23. The molecule has 2 aromatic rings. The molecule has 5 nitrogen and oxygen atoms in total. The zero-order valence-corrected chi connectivity index (χ0v) is 14.4. The fourth-order valence-corrected chi connectivity index (χ4v) is 2.31. The number of ether oxygens (including phenoxy) is 1. The van der Waals surface area contributed by atoms with Crippen molar-refractivity contribution in [1.82, 2.24) is 5.32 Å². The van der Waals surface area contributed by atoms with Crippen molar-refractivity contribution < 1.29 is 14.3 Å². The van der Waals surface area contributed by atoms with E-state index in [1.54, 1.807) is 43.5 Å². The van der Waals surface area contributed by atoms with Crippen molar-refractivity contribution in [3.63, 3.8) is 0 Å². The number of benzene rings is 2. The van der Waals surface area contributed by atoms with Crippen molar-refractivity contribution in [2.75, 3.05) is 19.0 Å². The van der Waals surface area contributed by atoms with Crippen LogP contribution in [-0.2, 0) is 16.1 Å². The quantitative estimate of drug-likeness (QED) is 0.821. The van der Waals surface area contributed by atoms with E-state index in [0.29, 0.717) is 27.9 Å². The largest absolute Gasteiger partial charge is 0.380 e. The zero-order valence-electron chi connectivity index (χ0n) is 12.9. The minimum Gasteiger partial charge on any atom is -0.380 e. The van der Waals surface area contributed by atoms with Gasteiger partial charge in [-0.05, 0) is 35.9 Å². The molecule has 0 radical (unpaired) electrons. The Hall–Kier alpha value is -2.08. The predicted molar refractivity (Wildman–Crippen MR) is 94.6 cm³/mol. The van der Waals surface area contributed by atoms with Gasteiger partial charge in [0.2, 0.25) is 5.91 Å². The number of nitrogens with one attached hydrogen (secondary N) is 2. The summed E-state index contributed by atoms with van der Waals surface area (Å²) in [5, 5.41) is 5.97. The minimum absolute atomic E-state index is 0.179. The molecule has 24 heavy (non-hydrogen) atoms. The smallest absolute Gasteiger partial charge is 0.251 e. The van der Waals surface area contributed by atoms with Crippen molar-refractivity contribution in [1.29, 1.82) is 0 Å². The number of rotatable bonds is 6. The van der Waals surface area contributed by atoms with Crippen LogP contribution in [0.3, 0.4) is 0 Å². The summed E-state index contributed by atoms with van der Waals surface area (Å²) < 4.78 is 5.01. The number of carbonyl (C=O) groups excluding carboxylic acids is 2. The number of halogens is 2. The van der Waals surface area contributed by atoms with E-state index in [1.807, 2.05) is 0 Å². The van der Waals surface area contributed by atoms with E-state index >= 15 is 0 Å². The molecule has 2 aromatic carbocycles. The predicted octanol–water partition coefficient (Wildman–Crippen LogP) is 3.51. The van der Waals surface area contributed by atoms with Gasteiger partial charge >= 0.3 is 0 Å². The van der Waals surface area contributed by atoms with Crippen LogP contribution in [0.4, 0.5) is 5.69 Å². The Bertz CT molecular complexity index is 733. The molecule has 0 saturated heterocycles. The van der Waals surface area contributed by atoms with Crippen molar-refractivity contribution in [3.8, 4) is 0 Å². The zero-order chi connectivity index (χ0) is 17.5. The van der Waals surface area contributed by atoms with Crippen LogP contribution in [0.15, 0.2) is 42.5 Å². The van der Waals surface area contributed by atoms with E-state index in [1.165, 1.54) is 6.07 Å². The molecular formula is C17H16Cl2N2O3. The lowest BCUT2D eigenvalue weighted by Gasteiger charge is -2.09. The molecule has 0 unspecified atom stereocenters. The van der Waals surface area contributed by atoms with Gasteiger partial charge in [-0.25, -0.2) is 0 Å². The van der Waals surface area contributed by atoms with E-state index < -0.39 is 5.91 Å². The number of anilines is 1. The second-order valence-electron chi connectivity index (χ2n) is 4.98. The first-order valence-corrected chi connectivity index (χ1v) is 7.86. The Balaban J connectivity index is 1.88. The topological polar surface area (TPSA) is 67.4 Å². The first-order valence-electron chi connectivity index (χ1n) is 7.10. The number of hydrogen-bond donors (Lipinski definition) is 2. The van der Waals surface area contributed by atoms with Gasteiger partial charge in [0.1, 0.15) is 0 Å². The van der Waals surface area contributed by atoms with Crippen LogP contribution < -0.4 is 10.6 Å². The van der Waals surface area contributed by atoms with Gasteiger partial charge in [-0.2, -0.15) is 0 Å². The van der Waals surface area contributed by atoms with Crippen LogP contribution in [0.2, 0.25) is 10.0 Å². The van der Waals surface area contributed by atoms with Gasteiger partial charge in [-0.1, -0.05) is 35.3 Å². The Kier molecular flexibility index (Phi) is 6.61. The SMILES string of the molecule is COCc1ccc(C(=O)NCC(=O)Nc2cc(Cl)ccc2Cl)cc1. The maximum atomic E-state index is 12.0.